The maximum absolute atomic E-state index is 13.0. The lowest BCUT2D eigenvalue weighted by Gasteiger charge is -2.22. The molecule has 1 heterocycles. The number of amides is 2. The Morgan fingerprint density at radius 1 is 0.824 bits per heavy atom. The molecule has 7 heteroatoms. The molecule has 1 N–H and O–H groups in total. The number of nitrogens with zero attached hydrogens (tertiary/aromatic N) is 2. The lowest BCUT2D eigenvalue weighted by atomic mass is 10.2. The van der Waals surface area contributed by atoms with Crippen molar-refractivity contribution in [1.29, 1.82) is 0 Å². The van der Waals surface area contributed by atoms with Gasteiger partial charge in [0.05, 0.1) is 6.54 Å². The van der Waals surface area contributed by atoms with E-state index < -0.39 is 0 Å². The molecule has 6 nitrogen and oxygen atoms in total. The van der Waals surface area contributed by atoms with Crippen LogP contribution in [0.3, 0.4) is 0 Å². The van der Waals surface area contributed by atoms with E-state index >= 15 is 0 Å². The molecule has 2 amide bonds. The summed E-state index contributed by atoms with van der Waals surface area (Å²) in [5, 5.41) is 5.30. The summed E-state index contributed by atoms with van der Waals surface area (Å²) >= 11 is 1.36. The first kappa shape index (κ1) is 23.2. The van der Waals surface area contributed by atoms with Crippen LogP contribution in [0.25, 0.3) is 0 Å². The Hall–Kier alpha value is -3.97. The van der Waals surface area contributed by atoms with Gasteiger partial charge in [-0.3, -0.25) is 9.59 Å². The smallest absolute Gasteiger partial charge is 0.271 e. The Bertz CT molecular complexity index is 1200. The van der Waals surface area contributed by atoms with Crippen molar-refractivity contribution in [2.45, 2.75) is 19.6 Å². The summed E-state index contributed by atoms with van der Waals surface area (Å²) in [5.74, 6) is 0.250. The number of thiazole rings is 1. The van der Waals surface area contributed by atoms with Gasteiger partial charge in [-0.05, 0) is 23.3 Å². The Balaban J connectivity index is 1.40. The molecule has 0 aliphatic rings. The summed E-state index contributed by atoms with van der Waals surface area (Å²) in [5.41, 5.74) is 2.38. The van der Waals surface area contributed by atoms with Gasteiger partial charge in [0.15, 0.2) is 6.61 Å². The van der Waals surface area contributed by atoms with Gasteiger partial charge in [-0.1, -0.05) is 78.9 Å². The summed E-state index contributed by atoms with van der Waals surface area (Å²) in [6.07, 6.45) is 0. The van der Waals surface area contributed by atoms with Crippen molar-refractivity contribution in [2.75, 3.05) is 6.61 Å². The number of hydrogen-bond donors (Lipinski definition) is 1. The molecule has 0 saturated carbocycles. The topological polar surface area (TPSA) is 71.5 Å². The van der Waals surface area contributed by atoms with Crippen LogP contribution in [0.15, 0.2) is 96.4 Å². The highest BCUT2D eigenvalue weighted by Crippen LogP contribution is 2.16. The van der Waals surface area contributed by atoms with Crippen LogP contribution >= 0.6 is 11.3 Å². The third-order valence-corrected chi connectivity index (χ3v) is 5.91. The second-order valence-electron chi connectivity index (χ2n) is 7.63. The molecule has 0 aliphatic carbocycles. The zero-order valence-corrected chi connectivity index (χ0v) is 19.4. The fourth-order valence-corrected chi connectivity index (χ4v) is 4.10. The Kier molecular flexibility index (Phi) is 8.03. The number of carbonyl (C=O) groups is 2. The minimum atomic E-state index is -0.236. The maximum atomic E-state index is 13.0. The van der Waals surface area contributed by atoms with Crippen LogP contribution in [0.4, 0.5) is 0 Å². The lowest BCUT2D eigenvalue weighted by molar-refractivity contribution is -0.134. The van der Waals surface area contributed by atoms with E-state index in [1.807, 2.05) is 91.0 Å². The number of para-hydroxylation sites is 1. The summed E-state index contributed by atoms with van der Waals surface area (Å²) in [7, 11) is 0. The van der Waals surface area contributed by atoms with Crippen LogP contribution in [0.1, 0.15) is 26.6 Å². The number of nitrogens with one attached hydrogen (secondary N) is 1. The average Bonchev–Trinajstić information content (AvgIpc) is 3.36. The molecule has 0 unspecified atom stereocenters. The van der Waals surface area contributed by atoms with Crippen molar-refractivity contribution in [2.24, 2.45) is 0 Å². The molecule has 0 saturated heterocycles. The molecule has 0 atom stereocenters. The second-order valence-corrected chi connectivity index (χ2v) is 8.57. The second kappa shape index (κ2) is 11.8. The summed E-state index contributed by atoms with van der Waals surface area (Å²) in [6.45, 7) is 1.07. The van der Waals surface area contributed by atoms with Gasteiger partial charge < -0.3 is 15.0 Å². The van der Waals surface area contributed by atoms with Gasteiger partial charge in [0.1, 0.15) is 16.5 Å². The number of aromatic nitrogens is 1. The first-order valence-electron chi connectivity index (χ1n) is 10.9. The van der Waals surface area contributed by atoms with Crippen LogP contribution in [0.5, 0.6) is 5.75 Å². The van der Waals surface area contributed by atoms with E-state index in [1.165, 1.54) is 11.3 Å². The van der Waals surface area contributed by atoms with Gasteiger partial charge in [0.25, 0.3) is 11.8 Å². The van der Waals surface area contributed by atoms with E-state index in [0.717, 1.165) is 11.1 Å². The Morgan fingerprint density at radius 2 is 1.44 bits per heavy atom. The van der Waals surface area contributed by atoms with Crippen molar-refractivity contribution in [3.05, 3.63) is 118 Å². The van der Waals surface area contributed by atoms with Gasteiger partial charge in [-0.15, -0.1) is 11.3 Å². The molecule has 0 bridgehead atoms. The molecule has 3 aromatic carbocycles. The van der Waals surface area contributed by atoms with E-state index in [9.17, 15) is 9.59 Å². The first-order valence-corrected chi connectivity index (χ1v) is 11.8. The summed E-state index contributed by atoms with van der Waals surface area (Å²) < 4.78 is 5.67. The van der Waals surface area contributed by atoms with Crippen LogP contribution in [0.2, 0.25) is 0 Å². The Morgan fingerprint density at radius 3 is 2.12 bits per heavy atom. The molecule has 0 spiro atoms. The zero-order chi connectivity index (χ0) is 23.6. The molecule has 0 radical (unpaired) electrons. The molecule has 4 rings (SSSR count). The number of ether oxygens (including phenoxy) is 1. The SMILES string of the molecule is O=C(NCc1ccccc1)c1csc(CN(Cc2ccccc2)C(=O)COc2ccccc2)n1. The number of hydrogen-bond acceptors (Lipinski definition) is 5. The van der Waals surface area contributed by atoms with E-state index in [2.05, 4.69) is 10.3 Å². The van der Waals surface area contributed by atoms with Crippen LogP contribution in [0, 0.1) is 0 Å². The predicted molar refractivity (Wildman–Crippen MR) is 132 cm³/mol. The van der Waals surface area contributed by atoms with Crippen LogP contribution in [-0.2, 0) is 24.4 Å². The van der Waals surface area contributed by atoms with E-state index in [4.69, 9.17) is 4.74 Å². The minimum absolute atomic E-state index is 0.0767. The highest BCUT2D eigenvalue weighted by Gasteiger charge is 2.19. The Labute approximate surface area is 202 Å². The van der Waals surface area contributed by atoms with Gasteiger partial charge in [0, 0.05) is 18.5 Å². The monoisotopic (exact) mass is 471 g/mol. The quantitative estimate of drug-likeness (QED) is 0.365. The summed E-state index contributed by atoms with van der Waals surface area (Å²) in [6, 6.07) is 28.7. The molecule has 172 valence electrons. The van der Waals surface area contributed by atoms with Gasteiger partial charge >= 0.3 is 0 Å². The largest absolute Gasteiger partial charge is 0.484 e. The zero-order valence-electron chi connectivity index (χ0n) is 18.6. The standard InChI is InChI=1S/C27H25N3O3S/c31-26(19-33-23-14-8-3-9-15-23)30(17-22-12-6-2-7-13-22)18-25-29-24(20-34-25)27(32)28-16-21-10-4-1-5-11-21/h1-15,20H,16-19H2,(H,28,32). The maximum Gasteiger partial charge on any atom is 0.271 e. The van der Waals surface area contributed by atoms with E-state index in [1.54, 1.807) is 10.3 Å². The molecule has 34 heavy (non-hydrogen) atoms. The molecular weight excluding hydrogens is 446 g/mol. The molecule has 4 aromatic rings. The molecule has 0 aliphatic heterocycles. The molecule has 1 aromatic heterocycles. The third kappa shape index (κ3) is 6.76. The fourth-order valence-electron chi connectivity index (χ4n) is 3.31. The average molecular weight is 472 g/mol. The van der Waals surface area contributed by atoms with Crippen molar-refractivity contribution in [1.82, 2.24) is 15.2 Å². The highest BCUT2D eigenvalue weighted by molar-refractivity contribution is 7.09. The van der Waals surface area contributed by atoms with Crippen molar-refractivity contribution < 1.29 is 14.3 Å². The van der Waals surface area contributed by atoms with Gasteiger partial charge in [-0.2, -0.15) is 0 Å². The minimum Gasteiger partial charge on any atom is -0.484 e. The third-order valence-electron chi connectivity index (χ3n) is 5.08. The fraction of sp³-hybridized carbons (Fsp3) is 0.148. The van der Waals surface area contributed by atoms with E-state index in [-0.39, 0.29) is 18.4 Å². The number of rotatable bonds is 10. The van der Waals surface area contributed by atoms with Crippen molar-refractivity contribution in [3.63, 3.8) is 0 Å². The highest BCUT2D eigenvalue weighted by atomic mass is 32.1. The van der Waals surface area contributed by atoms with E-state index in [0.29, 0.717) is 36.1 Å². The van der Waals surface area contributed by atoms with Gasteiger partial charge in [-0.25, -0.2) is 4.98 Å². The van der Waals surface area contributed by atoms with Crippen LogP contribution < -0.4 is 10.1 Å². The molecule has 0 fully saturated rings. The van der Waals surface area contributed by atoms with Crippen molar-refractivity contribution in [3.8, 4) is 5.75 Å². The summed E-state index contributed by atoms with van der Waals surface area (Å²) in [4.78, 5) is 31.7. The number of carbonyl (C=O) groups excluding carboxylic acids is 2. The first-order chi connectivity index (χ1) is 16.7. The predicted octanol–water partition coefficient (Wildman–Crippen LogP) is 4.68. The van der Waals surface area contributed by atoms with Crippen molar-refractivity contribution >= 4 is 23.2 Å². The number of benzene rings is 3. The van der Waals surface area contributed by atoms with Gasteiger partial charge in [0.2, 0.25) is 0 Å². The van der Waals surface area contributed by atoms with Crippen LogP contribution in [-0.4, -0.2) is 28.3 Å². The lowest BCUT2D eigenvalue weighted by Crippen LogP contribution is -2.34. The normalized spacial score (nSPS) is 10.5. The molecular formula is C27H25N3O3S.